The maximum atomic E-state index is 15.6. The molecule has 6 rings (SSSR count). The zero-order valence-electron chi connectivity index (χ0n) is 24.3. The molecular formula is C33H28FN7O2S. The van der Waals surface area contributed by atoms with E-state index < -0.39 is 5.82 Å². The quantitative estimate of drug-likeness (QED) is 0.171. The van der Waals surface area contributed by atoms with E-state index in [1.807, 2.05) is 42.1 Å². The summed E-state index contributed by atoms with van der Waals surface area (Å²) in [5.74, 6) is -0.520. The van der Waals surface area contributed by atoms with Crippen molar-refractivity contribution in [2.24, 2.45) is 0 Å². The monoisotopic (exact) mass is 605 g/mol. The highest BCUT2D eigenvalue weighted by Crippen LogP contribution is 2.50. The molecule has 0 saturated carbocycles. The van der Waals surface area contributed by atoms with Crippen LogP contribution in [0.4, 0.5) is 15.9 Å². The zero-order valence-corrected chi connectivity index (χ0v) is 25.1. The molecule has 0 saturated heterocycles. The van der Waals surface area contributed by atoms with Gasteiger partial charge in [0, 0.05) is 73.7 Å². The van der Waals surface area contributed by atoms with Gasteiger partial charge in [0.2, 0.25) is 0 Å². The number of hydrogen-bond acceptors (Lipinski definition) is 8. The highest BCUT2D eigenvalue weighted by Gasteiger charge is 2.23. The minimum atomic E-state index is -0.581. The molecule has 2 aromatic carbocycles. The predicted molar refractivity (Wildman–Crippen MR) is 172 cm³/mol. The number of thiophene rings is 1. The van der Waals surface area contributed by atoms with Crippen molar-refractivity contribution in [3.63, 3.8) is 0 Å². The summed E-state index contributed by atoms with van der Waals surface area (Å²) in [5, 5.41) is 7.98. The van der Waals surface area contributed by atoms with Crippen LogP contribution < -0.4 is 15.8 Å². The van der Waals surface area contributed by atoms with Gasteiger partial charge in [-0.25, -0.2) is 19.3 Å². The summed E-state index contributed by atoms with van der Waals surface area (Å²) in [6, 6.07) is 14.0. The molecule has 44 heavy (non-hydrogen) atoms. The molecule has 0 aliphatic heterocycles. The Balaban J connectivity index is 1.51. The zero-order chi connectivity index (χ0) is 31.0. The van der Waals surface area contributed by atoms with Crippen molar-refractivity contribution >= 4 is 38.8 Å². The number of carbonyl (C=O) groups is 1. The van der Waals surface area contributed by atoms with Gasteiger partial charge in [-0.3, -0.25) is 9.48 Å². The molecule has 6 aromatic rings. The van der Waals surface area contributed by atoms with Crippen LogP contribution in [0, 0.1) is 12.7 Å². The first kappa shape index (κ1) is 28.7. The molecule has 3 N–H and O–H groups in total. The third-order valence-corrected chi connectivity index (χ3v) is 8.27. The number of anilines is 2. The summed E-state index contributed by atoms with van der Waals surface area (Å²) in [6.07, 6.45) is 7.06. The van der Waals surface area contributed by atoms with E-state index in [1.54, 1.807) is 50.6 Å². The predicted octanol–water partition coefficient (Wildman–Crippen LogP) is 7.64. The van der Waals surface area contributed by atoms with Crippen molar-refractivity contribution in [2.45, 2.75) is 27.3 Å². The molecule has 0 atom stereocenters. The number of nitrogens with two attached hydrogens (primary N) is 1. The van der Waals surface area contributed by atoms with E-state index >= 15 is 4.39 Å². The van der Waals surface area contributed by atoms with Crippen molar-refractivity contribution in [3.8, 4) is 44.5 Å². The van der Waals surface area contributed by atoms with Gasteiger partial charge in [0.1, 0.15) is 5.82 Å². The summed E-state index contributed by atoms with van der Waals surface area (Å²) in [6.45, 7) is 9.89. The number of pyridine rings is 1. The standard InChI is InChI=1S/C33H28FN7O2S/c1-5-41-17-22(15-38-41)24-16-37-31(35)28-27(21-8-11-26(25(34)14-21)43-33-36-13-12-19(4)39-33)29(44-30(24)28)20-6-9-23(10-7-20)40-32(42)18(2)3/h6-17H,2,5H2,1,3-4H3,(H2,35,37)(H,40,42). The van der Waals surface area contributed by atoms with Crippen LogP contribution in [0.5, 0.6) is 11.8 Å². The molecule has 1 amide bonds. The summed E-state index contributed by atoms with van der Waals surface area (Å²) in [7, 11) is 0. The second-order valence-electron chi connectivity index (χ2n) is 10.2. The Labute approximate surface area is 256 Å². The van der Waals surface area contributed by atoms with Gasteiger partial charge in [-0.05, 0) is 62.2 Å². The number of aromatic nitrogens is 5. The molecule has 0 bridgehead atoms. The Morgan fingerprint density at radius 2 is 1.86 bits per heavy atom. The smallest absolute Gasteiger partial charge is 0.322 e. The van der Waals surface area contributed by atoms with E-state index in [-0.39, 0.29) is 17.7 Å². The maximum absolute atomic E-state index is 15.6. The summed E-state index contributed by atoms with van der Waals surface area (Å²) >= 11 is 1.53. The summed E-state index contributed by atoms with van der Waals surface area (Å²) in [5.41, 5.74) is 12.2. The number of benzene rings is 2. The molecule has 11 heteroatoms. The Morgan fingerprint density at radius 1 is 1.09 bits per heavy atom. The van der Waals surface area contributed by atoms with Gasteiger partial charge in [0.15, 0.2) is 11.6 Å². The van der Waals surface area contributed by atoms with Crippen molar-refractivity contribution in [1.29, 1.82) is 0 Å². The number of fused-ring (bicyclic) bond motifs is 1. The molecule has 0 aliphatic rings. The fourth-order valence-electron chi connectivity index (χ4n) is 4.74. The van der Waals surface area contributed by atoms with E-state index in [0.29, 0.717) is 33.7 Å². The Morgan fingerprint density at radius 3 is 2.55 bits per heavy atom. The number of aryl methyl sites for hydroxylation is 2. The normalized spacial score (nSPS) is 11.1. The Kier molecular flexibility index (Phi) is 7.62. The van der Waals surface area contributed by atoms with Gasteiger partial charge in [-0.15, -0.1) is 11.3 Å². The number of halogens is 1. The van der Waals surface area contributed by atoms with Crippen molar-refractivity contribution in [1.82, 2.24) is 24.7 Å². The number of nitrogens with zero attached hydrogens (tertiary/aromatic N) is 5. The molecule has 4 heterocycles. The minimum Gasteiger partial charge on any atom is -0.421 e. The van der Waals surface area contributed by atoms with Crippen LogP contribution in [0.25, 0.3) is 42.8 Å². The molecule has 0 aliphatic carbocycles. The number of hydrogen-bond donors (Lipinski definition) is 2. The largest absolute Gasteiger partial charge is 0.421 e. The van der Waals surface area contributed by atoms with Crippen LogP contribution in [-0.4, -0.2) is 30.6 Å². The second-order valence-corrected chi connectivity index (χ2v) is 11.2. The summed E-state index contributed by atoms with van der Waals surface area (Å²) < 4.78 is 24.0. The molecule has 9 nitrogen and oxygen atoms in total. The van der Waals surface area contributed by atoms with E-state index in [0.717, 1.165) is 38.4 Å². The Hall–Kier alpha value is -5.42. The Bertz CT molecular complexity index is 2050. The average molecular weight is 606 g/mol. The molecule has 0 spiro atoms. The van der Waals surface area contributed by atoms with Gasteiger partial charge >= 0.3 is 6.01 Å². The van der Waals surface area contributed by atoms with Gasteiger partial charge in [0.25, 0.3) is 5.91 Å². The lowest BCUT2D eigenvalue weighted by atomic mass is 9.97. The molecular weight excluding hydrogens is 577 g/mol. The average Bonchev–Trinajstić information content (AvgIpc) is 3.65. The van der Waals surface area contributed by atoms with Crippen LogP contribution in [0.1, 0.15) is 19.5 Å². The van der Waals surface area contributed by atoms with E-state index in [2.05, 4.69) is 31.9 Å². The highest BCUT2D eigenvalue weighted by molar-refractivity contribution is 7.23. The number of carbonyl (C=O) groups excluding carboxylic acids is 1. The molecule has 0 radical (unpaired) electrons. The van der Waals surface area contributed by atoms with Gasteiger partial charge < -0.3 is 15.8 Å². The molecule has 220 valence electrons. The van der Waals surface area contributed by atoms with E-state index in [4.69, 9.17) is 10.5 Å². The lowest BCUT2D eigenvalue weighted by molar-refractivity contribution is -0.112. The number of ether oxygens (including phenoxy) is 1. The van der Waals surface area contributed by atoms with Gasteiger partial charge in [-0.2, -0.15) is 5.10 Å². The number of nitrogen functional groups attached to an aromatic ring is 1. The van der Waals surface area contributed by atoms with Gasteiger partial charge in [-0.1, -0.05) is 24.8 Å². The van der Waals surface area contributed by atoms with Crippen LogP contribution >= 0.6 is 11.3 Å². The minimum absolute atomic E-state index is 0.00296. The lowest BCUT2D eigenvalue weighted by Crippen LogP contribution is -2.11. The molecule has 0 unspecified atom stereocenters. The van der Waals surface area contributed by atoms with Crippen LogP contribution in [0.15, 0.2) is 85.5 Å². The molecule has 0 fully saturated rings. The topological polar surface area (TPSA) is 121 Å². The third-order valence-electron chi connectivity index (χ3n) is 7.00. The van der Waals surface area contributed by atoms with E-state index in [1.165, 1.54) is 17.4 Å². The fourth-order valence-corrected chi connectivity index (χ4v) is 6.11. The first-order chi connectivity index (χ1) is 21.2. The van der Waals surface area contributed by atoms with Crippen LogP contribution in [0.2, 0.25) is 0 Å². The van der Waals surface area contributed by atoms with Crippen molar-refractivity contribution in [2.75, 3.05) is 11.1 Å². The number of amides is 1. The fraction of sp³-hybridized carbons (Fsp3) is 0.121. The van der Waals surface area contributed by atoms with E-state index in [9.17, 15) is 4.79 Å². The van der Waals surface area contributed by atoms with Crippen molar-refractivity contribution < 1.29 is 13.9 Å². The number of nitrogens with one attached hydrogen (secondary N) is 1. The van der Waals surface area contributed by atoms with Crippen LogP contribution in [0.3, 0.4) is 0 Å². The van der Waals surface area contributed by atoms with Crippen molar-refractivity contribution in [3.05, 3.63) is 97.0 Å². The lowest BCUT2D eigenvalue weighted by Gasteiger charge is -2.11. The van der Waals surface area contributed by atoms with Gasteiger partial charge in [0.05, 0.1) is 6.20 Å². The second kappa shape index (κ2) is 11.7. The third kappa shape index (κ3) is 5.52. The molecule has 4 aromatic heterocycles. The first-order valence-corrected chi connectivity index (χ1v) is 14.6. The SMILES string of the molecule is C=C(C)C(=O)Nc1ccc(-c2sc3c(-c4cnn(CC)c4)cnc(N)c3c2-c2ccc(Oc3nccc(C)n3)c(F)c2)cc1. The maximum Gasteiger partial charge on any atom is 0.322 e. The van der Waals surface area contributed by atoms with Crippen LogP contribution in [-0.2, 0) is 11.3 Å². The first-order valence-electron chi connectivity index (χ1n) is 13.8. The highest BCUT2D eigenvalue weighted by atomic mass is 32.1. The number of rotatable bonds is 8. The summed E-state index contributed by atoms with van der Waals surface area (Å²) in [4.78, 5) is 25.8.